The number of methoxy groups -OCH3 is 1. The number of hydrogen-bond acceptors (Lipinski definition) is 4. The van der Waals surface area contributed by atoms with Crippen LogP contribution in [0.4, 0.5) is 15.8 Å². The number of hydrogen-bond donors (Lipinski definition) is 1. The Kier molecular flexibility index (Phi) is 4.00. The van der Waals surface area contributed by atoms with Crippen LogP contribution in [0.2, 0.25) is 5.02 Å². The van der Waals surface area contributed by atoms with Crippen LogP contribution in [0.5, 0.6) is 5.75 Å². The molecule has 0 aliphatic heterocycles. The zero-order valence-corrected chi connectivity index (χ0v) is 12.9. The standard InChI is InChI=1S/C17H11ClFN3O/c1-23-12-3-4-13-16(7-12)21-9-10(8-20)17(13)22-15-5-2-11(18)6-14(15)19/h2-7,9H,1H3,(H,21,22). The summed E-state index contributed by atoms with van der Waals surface area (Å²) in [5, 5.41) is 13.3. The predicted molar refractivity (Wildman–Crippen MR) is 87.7 cm³/mol. The summed E-state index contributed by atoms with van der Waals surface area (Å²) in [5.41, 5.74) is 1.67. The third kappa shape index (κ3) is 2.89. The summed E-state index contributed by atoms with van der Waals surface area (Å²) >= 11 is 5.76. The number of rotatable bonds is 3. The lowest BCUT2D eigenvalue weighted by molar-refractivity contribution is 0.415. The number of nitriles is 1. The van der Waals surface area contributed by atoms with Crippen LogP contribution in [0.15, 0.2) is 42.6 Å². The van der Waals surface area contributed by atoms with Gasteiger partial charge in [-0.25, -0.2) is 4.39 Å². The summed E-state index contributed by atoms with van der Waals surface area (Å²) in [7, 11) is 1.56. The predicted octanol–water partition coefficient (Wildman–Crippen LogP) is 4.65. The summed E-state index contributed by atoms with van der Waals surface area (Å²) < 4.78 is 19.2. The highest BCUT2D eigenvalue weighted by Crippen LogP contribution is 2.32. The first-order chi connectivity index (χ1) is 11.1. The molecular weight excluding hydrogens is 317 g/mol. The second-order valence-corrected chi connectivity index (χ2v) is 5.23. The van der Waals surface area contributed by atoms with E-state index < -0.39 is 5.82 Å². The van der Waals surface area contributed by atoms with Gasteiger partial charge in [-0.3, -0.25) is 4.98 Å². The van der Waals surface area contributed by atoms with Gasteiger partial charge in [0, 0.05) is 22.7 Å². The number of nitrogens with zero attached hydrogens (tertiary/aromatic N) is 2. The highest BCUT2D eigenvalue weighted by Gasteiger charge is 2.12. The van der Waals surface area contributed by atoms with E-state index in [-0.39, 0.29) is 5.69 Å². The number of pyridine rings is 1. The fourth-order valence-electron chi connectivity index (χ4n) is 2.25. The summed E-state index contributed by atoms with van der Waals surface area (Å²) in [6, 6.07) is 11.7. The van der Waals surface area contributed by atoms with Crippen LogP contribution in [0.1, 0.15) is 5.56 Å². The Morgan fingerprint density at radius 1 is 1.26 bits per heavy atom. The Morgan fingerprint density at radius 2 is 2.09 bits per heavy atom. The minimum Gasteiger partial charge on any atom is -0.497 e. The third-order valence-corrected chi connectivity index (χ3v) is 3.62. The van der Waals surface area contributed by atoms with Gasteiger partial charge in [-0.2, -0.15) is 5.26 Å². The molecule has 0 fully saturated rings. The summed E-state index contributed by atoms with van der Waals surface area (Å²) in [6.45, 7) is 0. The molecule has 0 aliphatic carbocycles. The topological polar surface area (TPSA) is 57.9 Å². The molecule has 1 N–H and O–H groups in total. The highest BCUT2D eigenvalue weighted by molar-refractivity contribution is 6.30. The molecule has 1 aromatic heterocycles. The zero-order valence-electron chi connectivity index (χ0n) is 12.1. The zero-order chi connectivity index (χ0) is 16.4. The second-order valence-electron chi connectivity index (χ2n) is 4.79. The normalized spacial score (nSPS) is 10.3. The van der Waals surface area contributed by atoms with E-state index in [4.69, 9.17) is 16.3 Å². The van der Waals surface area contributed by atoms with Crippen LogP contribution in [-0.4, -0.2) is 12.1 Å². The van der Waals surface area contributed by atoms with Crippen molar-refractivity contribution in [1.82, 2.24) is 4.98 Å². The van der Waals surface area contributed by atoms with Crippen LogP contribution in [-0.2, 0) is 0 Å². The van der Waals surface area contributed by atoms with Gasteiger partial charge >= 0.3 is 0 Å². The first-order valence-corrected chi connectivity index (χ1v) is 7.09. The first-order valence-electron chi connectivity index (χ1n) is 6.71. The largest absolute Gasteiger partial charge is 0.497 e. The van der Waals surface area contributed by atoms with E-state index in [9.17, 15) is 9.65 Å². The van der Waals surface area contributed by atoms with Gasteiger partial charge < -0.3 is 10.1 Å². The number of benzene rings is 2. The van der Waals surface area contributed by atoms with Crippen molar-refractivity contribution in [1.29, 1.82) is 5.26 Å². The van der Waals surface area contributed by atoms with Crippen molar-refractivity contribution < 1.29 is 9.13 Å². The van der Waals surface area contributed by atoms with Crippen molar-refractivity contribution in [2.24, 2.45) is 0 Å². The molecule has 114 valence electrons. The van der Waals surface area contributed by atoms with Gasteiger partial charge in [0.1, 0.15) is 17.6 Å². The molecule has 0 atom stereocenters. The molecule has 6 heteroatoms. The molecule has 23 heavy (non-hydrogen) atoms. The number of halogens is 2. The lowest BCUT2D eigenvalue weighted by atomic mass is 10.1. The summed E-state index contributed by atoms with van der Waals surface area (Å²) in [6.07, 6.45) is 1.44. The molecule has 0 bridgehead atoms. The van der Waals surface area contributed by atoms with E-state index in [1.807, 2.05) is 0 Å². The molecule has 2 aromatic carbocycles. The van der Waals surface area contributed by atoms with Gasteiger partial charge in [0.15, 0.2) is 0 Å². The van der Waals surface area contributed by atoms with Gasteiger partial charge in [0.25, 0.3) is 0 Å². The number of ether oxygens (including phenoxy) is 1. The molecule has 3 rings (SSSR count). The summed E-state index contributed by atoms with van der Waals surface area (Å²) in [5.74, 6) is 0.151. The minimum absolute atomic E-state index is 0.231. The van der Waals surface area contributed by atoms with Gasteiger partial charge in [-0.05, 0) is 30.3 Å². The Balaban J connectivity index is 2.16. The molecular formula is C17H11ClFN3O. The smallest absolute Gasteiger partial charge is 0.148 e. The van der Waals surface area contributed by atoms with Gasteiger partial charge in [-0.1, -0.05) is 11.6 Å². The van der Waals surface area contributed by atoms with E-state index >= 15 is 0 Å². The van der Waals surface area contributed by atoms with E-state index in [0.29, 0.717) is 32.9 Å². The Labute approximate surface area is 137 Å². The maximum Gasteiger partial charge on any atom is 0.148 e. The lowest BCUT2D eigenvalue weighted by Crippen LogP contribution is -1.99. The third-order valence-electron chi connectivity index (χ3n) is 3.39. The molecule has 3 aromatic rings. The number of anilines is 2. The van der Waals surface area contributed by atoms with Crippen LogP contribution < -0.4 is 10.1 Å². The molecule has 0 radical (unpaired) electrons. The fourth-order valence-corrected chi connectivity index (χ4v) is 2.40. The van der Waals surface area contributed by atoms with Gasteiger partial charge in [0.05, 0.1) is 29.6 Å². The average molecular weight is 328 g/mol. The van der Waals surface area contributed by atoms with E-state index in [1.54, 1.807) is 31.4 Å². The molecule has 0 saturated heterocycles. The molecule has 0 unspecified atom stereocenters. The number of fused-ring (bicyclic) bond motifs is 1. The Hall–Kier alpha value is -2.84. The van der Waals surface area contributed by atoms with E-state index in [0.717, 1.165) is 0 Å². The van der Waals surface area contributed by atoms with E-state index in [2.05, 4.69) is 16.4 Å². The first kappa shape index (κ1) is 15.1. The second kappa shape index (κ2) is 6.11. The number of aromatic nitrogens is 1. The molecule has 0 amide bonds. The maximum absolute atomic E-state index is 14.0. The molecule has 4 nitrogen and oxygen atoms in total. The average Bonchev–Trinajstić information content (AvgIpc) is 2.56. The molecule has 0 saturated carbocycles. The van der Waals surface area contributed by atoms with Crippen molar-refractivity contribution in [3.63, 3.8) is 0 Å². The Bertz CT molecular complexity index is 937. The molecule has 0 aliphatic rings. The van der Waals surface area contributed by atoms with Crippen LogP contribution in [0.25, 0.3) is 10.9 Å². The van der Waals surface area contributed by atoms with Crippen molar-refractivity contribution >= 4 is 33.9 Å². The summed E-state index contributed by atoms with van der Waals surface area (Å²) in [4.78, 5) is 4.24. The SMILES string of the molecule is COc1ccc2c(Nc3ccc(Cl)cc3F)c(C#N)cnc2c1. The van der Waals surface area contributed by atoms with Crippen molar-refractivity contribution in [3.8, 4) is 11.8 Å². The lowest BCUT2D eigenvalue weighted by Gasteiger charge is -2.13. The highest BCUT2D eigenvalue weighted by atomic mass is 35.5. The maximum atomic E-state index is 14.0. The van der Waals surface area contributed by atoms with Crippen molar-refractivity contribution in [2.45, 2.75) is 0 Å². The van der Waals surface area contributed by atoms with Crippen LogP contribution in [0, 0.1) is 17.1 Å². The van der Waals surface area contributed by atoms with E-state index in [1.165, 1.54) is 18.3 Å². The quantitative estimate of drug-likeness (QED) is 0.760. The number of nitrogens with one attached hydrogen (secondary N) is 1. The van der Waals surface area contributed by atoms with Gasteiger partial charge in [0.2, 0.25) is 0 Å². The molecule has 1 heterocycles. The van der Waals surface area contributed by atoms with Crippen LogP contribution in [0.3, 0.4) is 0 Å². The fraction of sp³-hybridized carbons (Fsp3) is 0.0588. The minimum atomic E-state index is -0.500. The Morgan fingerprint density at radius 3 is 2.78 bits per heavy atom. The van der Waals surface area contributed by atoms with Crippen LogP contribution >= 0.6 is 11.6 Å². The monoisotopic (exact) mass is 327 g/mol. The van der Waals surface area contributed by atoms with Gasteiger partial charge in [-0.15, -0.1) is 0 Å². The van der Waals surface area contributed by atoms with Crippen molar-refractivity contribution in [2.75, 3.05) is 12.4 Å². The van der Waals surface area contributed by atoms with Crippen molar-refractivity contribution in [3.05, 3.63) is 59.0 Å². The molecule has 0 spiro atoms.